The van der Waals surface area contributed by atoms with Crippen LogP contribution in [0.15, 0.2) is 60.7 Å². The second-order valence-electron chi connectivity index (χ2n) is 4.36. The van der Waals surface area contributed by atoms with Gasteiger partial charge in [-0.05, 0) is 30.3 Å². The average Bonchev–Trinajstić information content (AvgIpc) is 2.47. The molecule has 3 rings (SSSR count). The Balaban J connectivity index is 1.99. The fraction of sp³-hybridized carbons (Fsp3) is 0. The predicted molar refractivity (Wildman–Crippen MR) is 78.4 cm³/mol. The molecule has 1 heterocycles. The van der Waals surface area contributed by atoms with Crippen molar-refractivity contribution >= 4 is 28.4 Å². The number of carbonyl (C=O) groups is 1. The average molecular weight is 264 g/mol. The van der Waals surface area contributed by atoms with Crippen molar-refractivity contribution in [3.8, 4) is 0 Å². The summed E-state index contributed by atoms with van der Waals surface area (Å²) in [6.45, 7) is 0. The standard InChI is InChI=1S/C16H12N2O2/c19-16(20)12-6-2-4-8-14(12)18-15-10-9-11-5-1-3-7-13(11)17-15/h1-10H,(H,17,18)(H,19,20). The molecule has 0 radical (unpaired) electrons. The Kier molecular flexibility index (Phi) is 3.05. The quantitative estimate of drug-likeness (QED) is 0.757. The molecule has 98 valence electrons. The van der Waals surface area contributed by atoms with Gasteiger partial charge in [-0.25, -0.2) is 9.78 Å². The van der Waals surface area contributed by atoms with Gasteiger partial charge in [0.2, 0.25) is 0 Å². The van der Waals surface area contributed by atoms with E-state index in [1.165, 1.54) is 0 Å². The minimum atomic E-state index is -0.964. The molecule has 3 aromatic rings. The molecule has 0 bridgehead atoms. The summed E-state index contributed by atoms with van der Waals surface area (Å²) in [7, 11) is 0. The SMILES string of the molecule is O=C(O)c1ccccc1Nc1ccc2ccccc2n1. The fourth-order valence-electron chi connectivity index (χ4n) is 2.05. The molecule has 0 spiro atoms. The number of carboxylic acid groups (broad SMARTS) is 1. The first-order chi connectivity index (χ1) is 9.74. The van der Waals surface area contributed by atoms with E-state index in [1.54, 1.807) is 24.3 Å². The Morgan fingerprint density at radius 3 is 2.55 bits per heavy atom. The van der Waals surface area contributed by atoms with Gasteiger partial charge in [0, 0.05) is 5.39 Å². The summed E-state index contributed by atoms with van der Waals surface area (Å²) in [5.74, 6) is -0.341. The second kappa shape index (κ2) is 5.01. The number of rotatable bonds is 3. The van der Waals surface area contributed by atoms with Crippen molar-refractivity contribution in [1.29, 1.82) is 0 Å². The topological polar surface area (TPSA) is 62.2 Å². The molecule has 4 nitrogen and oxygen atoms in total. The smallest absolute Gasteiger partial charge is 0.337 e. The lowest BCUT2D eigenvalue weighted by Crippen LogP contribution is -2.03. The highest BCUT2D eigenvalue weighted by Gasteiger charge is 2.09. The van der Waals surface area contributed by atoms with Gasteiger partial charge in [-0.2, -0.15) is 0 Å². The van der Waals surface area contributed by atoms with Crippen molar-refractivity contribution < 1.29 is 9.90 Å². The Morgan fingerprint density at radius 1 is 0.950 bits per heavy atom. The van der Waals surface area contributed by atoms with Crippen molar-refractivity contribution in [3.63, 3.8) is 0 Å². The molecule has 2 N–H and O–H groups in total. The highest BCUT2D eigenvalue weighted by atomic mass is 16.4. The molecule has 1 aromatic heterocycles. The van der Waals surface area contributed by atoms with Gasteiger partial charge in [-0.3, -0.25) is 0 Å². The zero-order chi connectivity index (χ0) is 13.9. The van der Waals surface area contributed by atoms with Gasteiger partial charge >= 0.3 is 5.97 Å². The largest absolute Gasteiger partial charge is 0.478 e. The third-order valence-electron chi connectivity index (χ3n) is 3.02. The molecule has 0 saturated carbocycles. The Morgan fingerprint density at radius 2 is 1.70 bits per heavy atom. The van der Waals surface area contributed by atoms with Crippen molar-refractivity contribution in [3.05, 3.63) is 66.2 Å². The van der Waals surface area contributed by atoms with Gasteiger partial charge in [0.05, 0.1) is 16.8 Å². The molecule has 0 fully saturated rings. The van der Waals surface area contributed by atoms with Gasteiger partial charge in [0.25, 0.3) is 0 Å². The van der Waals surface area contributed by atoms with E-state index in [4.69, 9.17) is 5.11 Å². The molecule has 0 aliphatic heterocycles. The number of aromatic carboxylic acids is 1. The van der Waals surface area contributed by atoms with Crippen molar-refractivity contribution in [2.45, 2.75) is 0 Å². The zero-order valence-corrected chi connectivity index (χ0v) is 10.6. The second-order valence-corrected chi connectivity index (χ2v) is 4.36. The summed E-state index contributed by atoms with van der Waals surface area (Å²) >= 11 is 0. The van der Waals surface area contributed by atoms with Gasteiger partial charge < -0.3 is 10.4 Å². The minimum absolute atomic E-state index is 0.224. The number of pyridine rings is 1. The predicted octanol–water partition coefficient (Wildman–Crippen LogP) is 3.68. The van der Waals surface area contributed by atoms with Crippen LogP contribution in [0, 0.1) is 0 Å². The van der Waals surface area contributed by atoms with Crippen LogP contribution in [-0.4, -0.2) is 16.1 Å². The summed E-state index contributed by atoms with van der Waals surface area (Å²) < 4.78 is 0. The molecule has 4 heteroatoms. The van der Waals surface area contributed by atoms with Crippen molar-refractivity contribution in [1.82, 2.24) is 4.98 Å². The monoisotopic (exact) mass is 264 g/mol. The van der Waals surface area contributed by atoms with E-state index in [0.29, 0.717) is 11.5 Å². The van der Waals surface area contributed by atoms with E-state index < -0.39 is 5.97 Å². The van der Waals surface area contributed by atoms with Gasteiger partial charge in [-0.1, -0.05) is 30.3 Å². The number of fused-ring (bicyclic) bond motifs is 1. The summed E-state index contributed by atoms with van der Waals surface area (Å²) in [4.78, 5) is 15.6. The van der Waals surface area contributed by atoms with Crippen LogP contribution in [0.4, 0.5) is 11.5 Å². The molecular formula is C16H12N2O2. The number of anilines is 2. The van der Waals surface area contributed by atoms with Gasteiger partial charge in [0.15, 0.2) is 0 Å². The fourth-order valence-corrected chi connectivity index (χ4v) is 2.05. The minimum Gasteiger partial charge on any atom is -0.478 e. The number of hydrogen-bond acceptors (Lipinski definition) is 3. The maximum absolute atomic E-state index is 11.2. The van der Waals surface area contributed by atoms with Crippen molar-refractivity contribution in [2.75, 3.05) is 5.32 Å². The molecule has 20 heavy (non-hydrogen) atoms. The summed E-state index contributed by atoms with van der Waals surface area (Å²) in [5, 5.41) is 13.3. The Hall–Kier alpha value is -2.88. The summed E-state index contributed by atoms with van der Waals surface area (Å²) in [6, 6.07) is 18.3. The maximum Gasteiger partial charge on any atom is 0.337 e. The number of nitrogens with zero attached hydrogens (tertiary/aromatic N) is 1. The molecule has 0 aliphatic carbocycles. The molecule has 0 atom stereocenters. The lowest BCUT2D eigenvalue weighted by Gasteiger charge is -2.09. The molecule has 0 amide bonds. The van der Waals surface area contributed by atoms with Crippen LogP contribution in [0.5, 0.6) is 0 Å². The van der Waals surface area contributed by atoms with E-state index >= 15 is 0 Å². The van der Waals surface area contributed by atoms with Gasteiger partial charge in [0.1, 0.15) is 5.82 Å². The highest BCUT2D eigenvalue weighted by Crippen LogP contribution is 2.21. The lowest BCUT2D eigenvalue weighted by molar-refractivity contribution is 0.0698. The van der Waals surface area contributed by atoms with E-state index in [0.717, 1.165) is 10.9 Å². The first-order valence-electron chi connectivity index (χ1n) is 6.19. The number of hydrogen-bond donors (Lipinski definition) is 2. The highest BCUT2D eigenvalue weighted by molar-refractivity contribution is 5.95. The number of carboxylic acids is 1. The Labute approximate surface area is 115 Å². The molecule has 0 aliphatic rings. The Bertz CT molecular complexity index is 784. The maximum atomic E-state index is 11.2. The van der Waals surface area contributed by atoms with Crippen LogP contribution in [0.3, 0.4) is 0 Å². The van der Waals surface area contributed by atoms with E-state index in [9.17, 15) is 4.79 Å². The summed E-state index contributed by atoms with van der Waals surface area (Å²) in [6.07, 6.45) is 0. The summed E-state index contributed by atoms with van der Waals surface area (Å²) in [5.41, 5.74) is 1.62. The van der Waals surface area contributed by atoms with E-state index in [2.05, 4.69) is 10.3 Å². The van der Waals surface area contributed by atoms with E-state index in [-0.39, 0.29) is 5.56 Å². The first kappa shape index (κ1) is 12.2. The van der Waals surface area contributed by atoms with Crippen LogP contribution in [0.2, 0.25) is 0 Å². The number of nitrogens with one attached hydrogen (secondary N) is 1. The zero-order valence-electron chi connectivity index (χ0n) is 10.6. The molecule has 0 unspecified atom stereocenters. The van der Waals surface area contributed by atoms with E-state index in [1.807, 2.05) is 36.4 Å². The molecular weight excluding hydrogens is 252 g/mol. The normalized spacial score (nSPS) is 10.4. The van der Waals surface area contributed by atoms with Gasteiger partial charge in [-0.15, -0.1) is 0 Å². The molecule has 0 saturated heterocycles. The van der Waals surface area contributed by atoms with Crippen LogP contribution >= 0.6 is 0 Å². The molecule has 2 aromatic carbocycles. The van der Waals surface area contributed by atoms with Crippen molar-refractivity contribution in [2.24, 2.45) is 0 Å². The number of benzene rings is 2. The first-order valence-corrected chi connectivity index (χ1v) is 6.19. The van der Waals surface area contributed by atoms with Crippen LogP contribution < -0.4 is 5.32 Å². The third kappa shape index (κ3) is 2.31. The van der Waals surface area contributed by atoms with Crippen LogP contribution in [0.1, 0.15) is 10.4 Å². The third-order valence-corrected chi connectivity index (χ3v) is 3.02. The lowest BCUT2D eigenvalue weighted by atomic mass is 10.1. The number of para-hydroxylation sites is 2. The number of aromatic nitrogens is 1. The van der Waals surface area contributed by atoms with Crippen LogP contribution in [0.25, 0.3) is 10.9 Å². The van der Waals surface area contributed by atoms with Crippen LogP contribution in [-0.2, 0) is 0 Å².